The van der Waals surface area contributed by atoms with Crippen LogP contribution >= 0.6 is 11.6 Å². The molecule has 1 saturated heterocycles. The number of carbonyl (C=O) groups excluding carboxylic acids is 2. The van der Waals surface area contributed by atoms with Crippen LogP contribution in [0.25, 0.3) is 0 Å². The third kappa shape index (κ3) is 4.53. The van der Waals surface area contributed by atoms with Crippen LogP contribution < -0.4 is 0 Å². The van der Waals surface area contributed by atoms with Gasteiger partial charge in [-0.05, 0) is 25.1 Å². The van der Waals surface area contributed by atoms with E-state index in [0.717, 1.165) is 0 Å². The zero-order valence-corrected chi connectivity index (χ0v) is 16.3. The molecule has 0 unspecified atom stereocenters. The molecular formula is C16H21ClN2O6S. The van der Waals surface area contributed by atoms with Gasteiger partial charge in [-0.25, -0.2) is 13.2 Å². The molecule has 1 aromatic rings. The first-order chi connectivity index (χ1) is 12.1. The van der Waals surface area contributed by atoms with E-state index in [2.05, 4.69) is 0 Å². The molecule has 2 rings (SSSR count). The largest absolute Gasteiger partial charge is 0.449 e. The number of ether oxygens (including phenoxy) is 2. The van der Waals surface area contributed by atoms with E-state index in [1.165, 1.54) is 48.4 Å². The van der Waals surface area contributed by atoms with Crippen molar-refractivity contribution in [2.75, 3.05) is 40.4 Å². The van der Waals surface area contributed by atoms with E-state index in [1.807, 2.05) is 0 Å². The van der Waals surface area contributed by atoms with Gasteiger partial charge in [0.25, 0.3) is 5.91 Å². The van der Waals surface area contributed by atoms with Crippen molar-refractivity contribution in [1.82, 2.24) is 9.21 Å². The quantitative estimate of drug-likeness (QED) is 0.679. The lowest BCUT2D eigenvalue weighted by Crippen LogP contribution is -2.40. The summed E-state index contributed by atoms with van der Waals surface area (Å²) in [5.41, 5.74) is -0.112. The third-order valence-electron chi connectivity index (χ3n) is 3.84. The predicted molar refractivity (Wildman–Crippen MR) is 94.6 cm³/mol. The highest BCUT2D eigenvalue weighted by molar-refractivity contribution is 7.89. The van der Waals surface area contributed by atoms with Crippen molar-refractivity contribution < 1.29 is 27.5 Å². The Morgan fingerprint density at radius 1 is 1.27 bits per heavy atom. The lowest BCUT2D eigenvalue weighted by molar-refractivity contribution is -0.137. The summed E-state index contributed by atoms with van der Waals surface area (Å²) in [4.78, 5) is 25.4. The molecule has 1 amide bonds. The Kier molecular flexibility index (Phi) is 6.62. The maximum absolute atomic E-state index is 12.7. The first kappa shape index (κ1) is 20.6. The molecule has 1 aliphatic rings. The molecule has 26 heavy (non-hydrogen) atoms. The summed E-state index contributed by atoms with van der Waals surface area (Å²) in [6.07, 6.45) is -1.02. The highest BCUT2D eigenvalue weighted by Gasteiger charge is 2.28. The SMILES string of the molecule is C[C@@H](OC(=O)c1cc(S(=O)(=O)N2CCOCC2)ccc1Cl)C(=O)N(C)C. The summed E-state index contributed by atoms with van der Waals surface area (Å²) in [5, 5.41) is 0.0421. The van der Waals surface area contributed by atoms with E-state index >= 15 is 0 Å². The van der Waals surface area contributed by atoms with Crippen molar-refractivity contribution >= 4 is 33.5 Å². The molecule has 0 saturated carbocycles. The monoisotopic (exact) mass is 404 g/mol. The molecule has 0 N–H and O–H groups in total. The van der Waals surface area contributed by atoms with Crippen molar-refractivity contribution in [3.05, 3.63) is 28.8 Å². The Hall–Kier alpha value is -1.68. The Morgan fingerprint density at radius 3 is 2.46 bits per heavy atom. The minimum Gasteiger partial charge on any atom is -0.449 e. The summed E-state index contributed by atoms with van der Waals surface area (Å²) in [6, 6.07) is 3.82. The number of benzene rings is 1. The molecule has 0 aromatic heterocycles. The van der Waals surface area contributed by atoms with E-state index in [9.17, 15) is 18.0 Å². The molecule has 1 aromatic carbocycles. The number of hydrogen-bond donors (Lipinski definition) is 0. The van der Waals surface area contributed by atoms with Gasteiger partial charge in [-0.1, -0.05) is 11.6 Å². The van der Waals surface area contributed by atoms with Gasteiger partial charge in [-0.15, -0.1) is 0 Å². The molecule has 8 nitrogen and oxygen atoms in total. The topological polar surface area (TPSA) is 93.2 Å². The molecule has 1 fully saturated rings. The van der Waals surface area contributed by atoms with E-state index in [-0.39, 0.29) is 28.6 Å². The number of halogens is 1. The second-order valence-corrected chi connectivity index (χ2v) is 8.28. The Morgan fingerprint density at radius 2 is 1.88 bits per heavy atom. The predicted octanol–water partition coefficient (Wildman–Crippen LogP) is 0.994. The van der Waals surface area contributed by atoms with Crippen LogP contribution in [0, 0.1) is 0 Å². The molecule has 0 bridgehead atoms. The van der Waals surface area contributed by atoms with E-state index in [1.54, 1.807) is 0 Å². The molecule has 1 atom stereocenters. The molecule has 0 aliphatic carbocycles. The van der Waals surface area contributed by atoms with Crippen molar-refractivity contribution in [2.45, 2.75) is 17.9 Å². The molecule has 10 heteroatoms. The van der Waals surface area contributed by atoms with E-state index < -0.39 is 28.0 Å². The number of rotatable bonds is 5. The minimum atomic E-state index is -3.78. The van der Waals surface area contributed by atoms with Crippen molar-refractivity contribution in [2.24, 2.45) is 0 Å². The van der Waals surface area contributed by atoms with Crippen LogP contribution in [0.15, 0.2) is 23.1 Å². The average molecular weight is 405 g/mol. The Labute approximate surface area is 157 Å². The van der Waals surface area contributed by atoms with Crippen LogP contribution in [0.3, 0.4) is 0 Å². The fraction of sp³-hybridized carbons (Fsp3) is 0.500. The summed E-state index contributed by atoms with van der Waals surface area (Å²) >= 11 is 6.03. The normalized spacial score (nSPS) is 16.8. The molecular weight excluding hydrogens is 384 g/mol. The number of hydrogen-bond acceptors (Lipinski definition) is 6. The molecule has 1 aliphatic heterocycles. The van der Waals surface area contributed by atoms with E-state index in [0.29, 0.717) is 13.2 Å². The summed E-state index contributed by atoms with van der Waals surface area (Å²) < 4.78 is 37.0. The number of likely N-dealkylation sites (N-methyl/N-ethyl adjacent to an activating group) is 1. The highest BCUT2D eigenvalue weighted by atomic mass is 35.5. The first-order valence-electron chi connectivity index (χ1n) is 7.94. The standard InChI is InChI=1S/C16H21ClN2O6S/c1-11(15(20)18(2)3)25-16(21)13-10-12(4-5-14(13)17)26(22,23)19-6-8-24-9-7-19/h4-5,10-11H,6-9H2,1-3H3/t11-/m1/s1. The summed E-state index contributed by atoms with van der Waals surface area (Å²) in [6.45, 7) is 2.53. The van der Waals surface area contributed by atoms with Gasteiger partial charge >= 0.3 is 5.97 Å². The second-order valence-electron chi connectivity index (χ2n) is 5.94. The fourth-order valence-corrected chi connectivity index (χ4v) is 4.02. The Bertz CT molecular complexity index is 790. The van der Waals surface area contributed by atoms with Crippen LogP contribution in [0.4, 0.5) is 0 Å². The maximum Gasteiger partial charge on any atom is 0.340 e. The number of nitrogens with zero attached hydrogens (tertiary/aromatic N) is 2. The van der Waals surface area contributed by atoms with Crippen molar-refractivity contribution in [3.63, 3.8) is 0 Å². The van der Waals surface area contributed by atoms with Crippen LogP contribution in [0.5, 0.6) is 0 Å². The first-order valence-corrected chi connectivity index (χ1v) is 9.76. The Balaban J connectivity index is 2.26. The number of morpholine rings is 1. The van der Waals surface area contributed by atoms with Crippen LogP contribution in [0.2, 0.25) is 5.02 Å². The van der Waals surface area contributed by atoms with Gasteiger partial charge in [0.2, 0.25) is 10.0 Å². The number of amides is 1. The van der Waals surface area contributed by atoms with Crippen molar-refractivity contribution in [1.29, 1.82) is 0 Å². The van der Waals surface area contributed by atoms with Crippen LogP contribution in [0.1, 0.15) is 17.3 Å². The summed E-state index contributed by atoms with van der Waals surface area (Å²) in [5.74, 6) is -1.26. The lowest BCUT2D eigenvalue weighted by Gasteiger charge is -2.26. The van der Waals surface area contributed by atoms with E-state index in [4.69, 9.17) is 21.1 Å². The summed E-state index contributed by atoms with van der Waals surface area (Å²) in [7, 11) is -0.708. The smallest absolute Gasteiger partial charge is 0.340 e. The zero-order valence-electron chi connectivity index (χ0n) is 14.8. The number of sulfonamides is 1. The lowest BCUT2D eigenvalue weighted by atomic mass is 10.2. The van der Waals surface area contributed by atoms with Crippen LogP contribution in [-0.4, -0.2) is 76.0 Å². The second kappa shape index (κ2) is 8.34. The number of carbonyl (C=O) groups is 2. The van der Waals surface area contributed by atoms with Gasteiger partial charge in [0, 0.05) is 27.2 Å². The third-order valence-corrected chi connectivity index (χ3v) is 6.06. The maximum atomic E-state index is 12.7. The van der Waals surface area contributed by atoms with Gasteiger partial charge < -0.3 is 14.4 Å². The van der Waals surface area contributed by atoms with Gasteiger partial charge in [0.1, 0.15) is 0 Å². The molecule has 144 valence electrons. The number of esters is 1. The molecule has 0 spiro atoms. The molecule has 1 heterocycles. The average Bonchev–Trinajstić information content (AvgIpc) is 2.61. The highest BCUT2D eigenvalue weighted by Crippen LogP contribution is 2.24. The van der Waals surface area contributed by atoms with Gasteiger partial charge in [0.15, 0.2) is 6.10 Å². The fourth-order valence-electron chi connectivity index (χ4n) is 2.40. The van der Waals surface area contributed by atoms with Gasteiger partial charge in [0.05, 0.1) is 28.7 Å². The minimum absolute atomic E-state index is 0.0421. The molecule has 0 radical (unpaired) electrons. The van der Waals surface area contributed by atoms with Gasteiger partial charge in [-0.2, -0.15) is 4.31 Å². The zero-order chi connectivity index (χ0) is 19.5. The van der Waals surface area contributed by atoms with Crippen molar-refractivity contribution in [3.8, 4) is 0 Å². The van der Waals surface area contributed by atoms with Gasteiger partial charge in [-0.3, -0.25) is 4.79 Å². The van der Waals surface area contributed by atoms with Crippen LogP contribution in [-0.2, 0) is 24.3 Å².